The molecule has 1 aromatic heterocycles. The molecular weight excluding hydrogens is 334 g/mol. The summed E-state index contributed by atoms with van der Waals surface area (Å²) in [6.07, 6.45) is 1.50. The summed E-state index contributed by atoms with van der Waals surface area (Å²) >= 11 is 3.20. The van der Waals surface area contributed by atoms with Crippen LogP contribution in [0.5, 0.6) is 0 Å². The van der Waals surface area contributed by atoms with Gasteiger partial charge in [-0.1, -0.05) is 0 Å². The van der Waals surface area contributed by atoms with Crippen LogP contribution in [-0.4, -0.2) is 23.2 Å². The van der Waals surface area contributed by atoms with Gasteiger partial charge in [0.1, 0.15) is 12.2 Å². The van der Waals surface area contributed by atoms with Gasteiger partial charge >= 0.3 is 0 Å². The maximum Gasteiger partial charge on any atom is 0.241 e. The molecule has 102 valence electrons. The highest BCUT2D eigenvalue weighted by molar-refractivity contribution is 9.10. The van der Waals surface area contributed by atoms with Crippen molar-refractivity contribution in [3.8, 4) is 0 Å². The zero-order valence-electron chi connectivity index (χ0n) is 10.0. The van der Waals surface area contributed by atoms with Gasteiger partial charge in [0, 0.05) is 17.2 Å². The van der Waals surface area contributed by atoms with E-state index in [-0.39, 0.29) is 11.4 Å². The summed E-state index contributed by atoms with van der Waals surface area (Å²) in [5, 5.41) is 7.48. The van der Waals surface area contributed by atoms with E-state index in [9.17, 15) is 8.42 Å². The number of anilines is 1. The third-order valence-electron chi connectivity index (χ3n) is 2.51. The maximum atomic E-state index is 12.1. The molecule has 2 aromatic rings. The van der Waals surface area contributed by atoms with E-state index in [1.54, 1.807) is 11.6 Å². The first-order chi connectivity index (χ1) is 8.90. The molecule has 1 aromatic carbocycles. The van der Waals surface area contributed by atoms with E-state index in [2.05, 4.69) is 30.8 Å². The van der Waals surface area contributed by atoms with Gasteiger partial charge < -0.3 is 10.3 Å². The average molecular weight is 346 g/mol. The summed E-state index contributed by atoms with van der Waals surface area (Å²) in [4.78, 5) is 0.135. The van der Waals surface area contributed by atoms with E-state index in [0.717, 1.165) is 0 Å². The third kappa shape index (κ3) is 3.11. The molecule has 0 aliphatic heterocycles. The van der Waals surface area contributed by atoms with Gasteiger partial charge in [0.25, 0.3) is 0 Å². The van der Waals surface area contributed by atoms with Gasteiger partial charge in [-0.05, 0) is 34.1 Å². The lowest BCUT2D eigenvalue weighted by Crippen LogP contribution is -2.24. The lowest BCUT2D eigenvalue weighted by atomic mass is 10.3. The van der Waals surface area contributed by atoms with Gasteiger partial charge in [0.15, 0.2) is 0 Å². The fraction of sp³-hybridized carbons (Fsp3) is 0.200. The van der Waals surface area contributed by atoms with Crippen molar-refractivity contribution in [2.24, 2.45) is 7.05 Å². The predicted octanol–water partition coefficient (Wildman–Crippen LogP) is 0.638. The molecule has 19 heavy (non-hydrogen) atoms. The molecule has 0 bridgehead atoms. The Morgan fingerprint density at radius 2 is 2.21 bits per heavy atom. The molecule has 0 unspecified atom stereocenters. The second-order valence-electron chi connectivity index (χ2n) is 3.87. The number of nitrogen functional groups attached to an aromatic ring is 1. The number of hydrogen-bond acceptors (Lipinski definition) is 5. The number of sulfonamides is 1. The fourth-order valence-electron chi connectivity index (χ4n) is 1.39. The molecule has 0 atom stereocenters. The maximum absolute atomic E-state index is 12.1. The van der Waals surface area contributed by atoms with Crippen LogP contribution in [0.1, 0.15) is 5.82 Å². The molecule has 0 aliphatic carbocycles. The summed E-state index contributed by atoms with van der Waals surface area (Å²) in [7, 11) is -1.87. The van der Waals surface area contributed by atoms with Crippen LogP contribution in [0.4, 0.5) is 5.69 Å². The number of nitrogens with two attached hydrogens (primary N) is 1. The van der Waals surface area contributed by atoms with Gasteiger partial charge in [0.2, 0.25) is 10.0 Å². The largest absolute Gasteiger partial charge is 0.398 e. The number of benzene rings is 1. The van der Waals surface area contributed by atoms with Gasteiger partial charge in [-0.2, -0.15) is 0 Å². The first-order valence-electron chi connectivity index (χ1n) is 5.28. The number of aromatic nitrogens is 3. The van der Waals surface area contributed by atoms with E-state index in [0.29, 0.717) is 16.0 Å². The van der Waals surface area contributed by atoms with Crippen molar-refractivity contribution in [3.63, 3.8) is 0 Å². The number of nitrogens with zero attached hydrogens (tertiary/aromatic N) is 3. The Balaban J connectivity index is 2.18. The number of nitrogens with one attached hydrogen (secondary N) is 1. The van der Waals surface area contributed by atoms with Crippen molar-refractivity contribution in [2.45, 2.75) is 11.4 Å². The Kier molecular flexibility index (Phi) is 3.88. The molecule has 1 heterocycles. The molecule has 9 heteroatoms. The zero-order chi connectivity index (χ0) is 14.0. The Morgan fingerprint density at radius 3 is 2.79 bits per heavy atom. The quantitative estimate of drug-likeness (QED) is 0.791. The molecule has 0 fully saturated rings. The topological polar surface area (TPSA) is 103 Å². The monoisotopic (exact) mass is 345 g/mol. The van der Waals surface area contributed by atoms with E-state index in [1.165, 1.54) is 24.5 Å². The summed E-state index contributed by atoms with van der Waals surface area (Å²) in [6.45, 7) is 0.0703. The highest BCUT2D eigenvalue weighted by atomic mass is 79.9. The van der Waals surface area contributed by atoms with E-state index < -0.39 is 10.0 Å². The minimum atomic E-state index is -3.61. The van der Waals surface area contributed by atoms with Crippen molar-refractivity contribution < 1.29 is 8.42 Å². The lowest BCUT2D eigenvalue weighted by molar-refractivity contribution is 0.577. The molecule has 0 saturated carbocycles. The van der Waals surface area contributed by atoms with E-state index in [1.807, 2.05) is 0 Å². The van der Waals surface area contributed by atoms with Crippen LogP contribution in [0.3, 0.4) is 0 Å². The number of halogens is 1. The molecule has 0 radical (unpaired) electrons. The van der Waals surface area contributed by atoms with Crippen LogP contribution in [0.2, 0.25) is 0 Å². The highest BCUT2D eigenvalue weighted by Crippen LogP contribution is 2.22. The van der Waals surface area contributed by atoms with Gasteiger partial charge in [-0.25, -0.2) is 13.1 Å². The van der Waals surface area contributed by atoms with Gasteiger partial charge in [0.05, 0.1) is 11.4 Å². The van der Waals surface area contributed by atoms with Crippen LogP contribution < -0.4 is 10.5 Å². The standard InChI is InChI=1S/C10H12BrN5O2S/c1-16-6-13-15-10(16)5-14-19(17,18)7-2-3-9(12)8(11)4-7/h2-4,6,14H,5,12H2,1H3. The Hall–Kier alpha value is -1.45. The Labute approximate surface area is 119 Å². The van der Waals surface area contributed by atoms with Crippen LogP contribution in [-0.2, 0) is 23.6 Å². The second kappa shape index (κ2) is 5.27. The number of aryl methyl sites for hydroxylation is 1. The zero-order valence-corrected chi connectivity index (χ0v) is 12.4. The van der Waals surface area contributed by atoms with Crippen molar-refractivity contribution in [3.05, 3.63) is 34.8 Å². The smallest absolute Gasteiger partial charge is 0.241 e. The van der Waals surface area contributed by atoms with Crippen molar-refractivity contribution in [2.75, 3.05) is 5.73 Å². The van der Waals surface area contributed by atoms with Crippen molar-refractivity contribution in [1.29, 1.82) is 0 Å². The van der Waals surface area contributed by atoms with Crippen LogP contribution in [0, 0.1) is 0 Å². The lowest BCUT2D eigenvalue weighted by Gasteiger charge is -2.07. The van der Waals surface area contributed by atoms with Gasteiger partial charge in [-0.3, -0.25) is 0 Å². The Bertz CT molecular complexity index is 698. The highest BCUT2D eigenvalue weighted by Gasteiger charge is 2.16. The molecule has 0 saturated heterocycles. The molecule has 2 rings (SSSR count). The molecule has 3 N–H and O–H groups in total. The average Bonchev–Trinajstić information content (AvgIpc) is 2.76. The van der Waals surface area contributed by atoms with E-state index in [4.69, 9.17) is 5.73 Å². The van der Waals surface area contributed by atoms with Crippen LogP contribution in [0.25, 0.3) is 0 Å². The van der Waals surface area contributed by atoms with Crippen molar-refractivity contribution in [1.82, 2.24) is 19.5 Å². The van der Waals surface area contributed by atoms with Crippen LogP contribution >= 0.6 is 15.9 Å². The minimum Gasteiger partial charge on any atom is -0.398 e. The third-order valence-corrected chi connectivity index (χ3v) is 4.59. The first kappa shape index (κ1) is 14.0. The summed E-state index contributed by atoms with van der Waals surface area (Å²) in [6, 6.07) is 4.43. The summed E-state index contributed by atoms with van der Waals surface area (Å²) in [5.41, 5.74) is 6.10. The second-order valence-corrected chi connectivity index (χ2v) is 6.49. The van der Waals surface area contributed by atoms with Crippen LogP contribution in [0.15, 0.2) is 33.9 Å². The number of rotatable bonds is 4. The Morgan fingerprint density at radius 1 is 1.47 bits per heavy atom. The van der Waals surface area contributed by atoms with Gasteiger partial charge in [-0.15, -0.1) is 10.2 Å². The molecule has 7 nitrogen and oxygen atoms in total. The molecular formula is C10H12BrN5O2S. The number of hydrogen-bond donors (Lipinski definition) is 2. The molecule has 0 spiro atoms. The molecule has 0 amide bonds. The summed E-state index contributed by atoms with van der Waals surface area (Å²) < 4.78 is 28.8. The minimum absolute atomic E-state index is 0.0703. The normalized spacial score (nSPS) is 11.7. The fourth-order valence-corrected chi connectivity index (χ4v) is 2.92. The van der Waals surface area contributed by atoms with Crippen molar-refractivity contribution >= 4 is 31.6 Å². The first-order valence-corrected chi connectivity index (χ1v) is 7.55. The predicted molar refractivity (Wildman–Crippen MR) is 73.6 cm³/mol. The SMILES string of the molecule is Cn1cnnc1CNS(=O)(=O)c1ccc(N)c(Br)c1. The van der Waals surface area contributed by atoms with E-state index >= 15 is 0 Å². The molecule has 0 aliphatic rings. The summed E-state index contributed by atoms with van der Waals surface area (Å²) in [5.74, 6) is 0.526.